The summed E-state index contributed by atoms with van der Waals surface area (Å²) >= 11 is 0. The van der Waals surface area contributed by atoms with E-state index in [0.717, 1.165) is 16.8 Å². The molecule has 0 aliphatic heterocycles. The molecule has 0 saturated heterocycles. The van der Waals surface area contributed by atoms with Crippen LogP contribution in [0.4, 0.5) is 13.2 Å². The van der Waals surface area contributed by atoms with E-state index in [4.69, 9.17) is 9.15 Å². The summed E-state index contributed by atoms with van der Waals surface area (Å²) in [4.78, 5) is 23.9. The molecule has 152 valence electrons. The Kier molecular flexibility index (Phi) is 6.01. The summed E-state index contributed by atoms with van der Waals surface area (Å²) in [6.45, 7) is -0.319. The first kappa shape index (κ1) is 20.2. The van der Waals surface area contributed by atoms with Crippen LogP contribution in [-0.2, 0) is 17.5 Å². The SMILES string of the molecule is O=C(Cn1nc(-c2ccco2)ccc1=O)NCCOc1cccc(C(F)(F)F)c1. The number of amides is 1. The molecule has 0 unspecified atom stereocenters. The van der Waals surface area contributed by atoms with Gasteiger partial charge in [0.1, 0.15) is 24.6 Å². The molecule has 0 atom stereocenters. The van der Waals surface area contributed by atoms with E-state index in [1.807, 2.05) is 0 Å². The van der Waals surface area contributed by atoms with Gasteiger partial charge in [-0.25, -0.2) is 4.68 Å². The lowest BCUT2D eigenvalue weighted by atomic mass is 10.2. The summed E-state index contributed by atoms with van der Waals surface area (Å²) < 4.78 is 49.4. The zero-order valence-electron chi connectivity index (χ0n) is 15.0. The van der Waals surface area contributed by atoms with Crippen LogP contribution in [0, 0.1) is 0 Å². The Hall–Kier alpha value is -3.56. The van der Waals surface area contributed by atoms with Gasteiger partial charge in [-0.15, -0.1) is 0 Å². The van der Waals surface area contributed by atoms with Crippen LogP contribution < -0.4 is 15.6 Å². The van der Waals surface area contributed by atoms with Crippen molar-refractivity contribution in [3.63, 3.8) is 0 Å². The number of nitrogens with zero attached hydrogens (tertiary/aromatic N) is 2. The van der Waals surface area contributed by atoms with Crippen molar-refractivity contribution >= 4 is 5.91 Å². The third-order valence-corrected chi connectivity index (χ3v) is 3.79. The highest BCUT2D eigenvalue weighted by Crippen LogP contribution is 2.31. The number of hydrogen-bond acceptors (Lipinski definition) is 5. The van der Waals surface area contributed by atoms with Crippen molar-refractivity contribution < 1.29 is 27.1 Å². The van der Waals surface area contributed by atoms with Gasteiger partial charge in [0.15, 0.2) is 5.76 Å². The molecule has 0 bridgehead atoms. The highest BCUT2D eigenvalue weighted by Gasteiger charge is 2.30. The molecular weight excluding hydrogens is 391 g/mol. The van der Waals surface area contributed by atoms with E-state index in [-0.39, 0.29) is 25.4 Å². The van der Waals surface area contributed by atoms with Gasteiger partial charge in [0, 0.05) is 6.07 Å². The maximum atomic E-state index is 12.7. The van der Waals surface area contributed by atoms with Gasteiger partial charge in [-0.1, -0.05) is 6.07 Å². The van der Waals surface area contributed by atoms with Gasteiger partial charge in [-0.3, -0.25) is 9.59 Å². The summed E-state index contributed by atoms with van der Waals surface area (Å²) in [5.74, 6) is -0.00408. The number of alkyl halides is 3. The molecule has 0 spiro atoms. The van der Waals surface area contributed by atoms with E-state index in [2.05, 4.69) is 10.4 Å². The van der Waals surface area contributed by atoms with Gasteiger partial charge >= 0.3 is 6.18 Å². The molecule has 0 aliphatic rings. The van der Waals surface area contributed by atoms with E-state index < -0.39 is 23.2 Å². The second-order valence-electron chi connectivity index (χ2n) is 5.92. The molecular formula is C19H16F3N3O4. The summed E-state index contributed by atoms with van der Waals surface area (Å²) in [6, 6.07) is 10.5. The second-order valence-corrected chi connectivity index (χ2v) is 5.92. The van der Waals surface area contributed by atoms with Crippen molar-refractivity contribution in [3.8, 4) is 17.2 Å². The molecule has 29 heavy (non-hydrogen) atoms. The van der Waals surface area contributed by atoms with E-state index in [1.165, 1.54) is 30.5 Å². The predicted molar refractivity (Wildman–Crippen MR) is 96.1 cm³/mol. The van der Waals surface area contributed by atoms with Gasteiger partial charge in [0.05, 0.1) is 18.4 Å². The van der Waals surface area contributed by atoms with E-state index in [1.54, 1.807) is 12.1 Å². The quantitative estimate of drug-likeness (QED) is 0.609. The number of benzene rings is 1. The van der Waals surface area contributed by atoms with Crippen LogP contribution in [0.3, 0.4) is 0 Å². The minimum Gasteiger partial charge on any atom is -0.492 e. The second kappa shape index (κ2) is 8.63. The fourth-order valence-electron chi connectivity index (χ4n) is 2.43. The van der Waals surface area contributed by atoms with Crippen LogP contribution in [0.1, 0.15) is 5.56 Å². The molecule has 0 saturated carbocycles. The summed E-state index contributed by atoms with van der Waals surface area (Å²) in [7, 11) is 0. The minimum atomic E-state index is -4.46. The molecule has 2 heterocycles. The Morgan fingerprint density at radius 1 is 1.17 bits per heavy atom. The third kappa shape index (κ3) is 5.47. The van der Waals surface area contributed by atoms with Crippen LogP contribution in [0.25, 0.3) is 11.5 Å². The zero-order valence-corrected chi connectivity index (χ0v) is 15.0. The van der Waals surface area contributed by atoms with E-state index >= 15 is 0 Å². The summed E-state index contributed by atoms with van der Waals surface area (Å²) in [5.41, 5.74) is -0.883. The molecule has 1 aromatic carbocycles. The molecule has 0 aliphatic carbocycles. The Labute approximate surface area is 162 Å². The highest BCUT2D eigenvalue weighted by molar-refractivity contribution is 5.75. The Balaban J connectivity index is 1.51. The lowest BCUT2D eigenvalue weighted by Gasteiger charge is -2.11. The van der Waals surface area contributed by atoms with E-state index in [0.29, 0.717) is 11.5 Å². The van der Waals surface area contributed by atoms with Gasteiger partial charge < -0.3 is 14.5 Å². The van der Waals surface area contributed by atoms with Crippen LogP contribution in [-0.4, -0.2) is 28.8 Å². The average molecular weight is 407 g/mol. The van der Waals surface area contributed by atoms with Gasteiger partial charge in [0.2, 0.25) is 5.91 Å². The first-order valence-corrected chi connectivity index (χ1v) is 8.52. The van der Waals surface area contributed by atoms with Gasteiger partial charge in [0.25, 0.3) is 5.56 Å². The van der Waals surface area contributed by atoms with Crippen molar-refractivity contribution in [1.82, 2.24) is 15.1 Å². The summed E-state index contributed by atoms with van der Waals surface area (Å²) in [5, 5.41) is 6.59. The normalized spacial score (nSPS) is 11.3. The molecule has 3 aromatic rings. The lowest BCUT2D eigenvalue weighted by Crippen LogP contribution is -2.35. The molecule has 10 heteroatoms. The lowest BCUT2D eigenvalue weighted by molar-refractivity contribution is -0.137. The molecule has 2 aromatic heterocycles. The topological polar surface area (TPSA) is 86.4 Å². The van der Waals surface area contributed by atoms with Crippen molar-refractivity contribution in [2.45, 2.75) is 12.7 Å². The monoisotopic (exact) mass is 407 g/mol. The minimum absolute atomic E-state index is 0.0399. The van der Waals surface area contributed by atoms with Crippen molar-refractivity contribution in [2.24, 2.45) is 0 Å². The number of carbonyl (C=O) groups excluding carboxylic acids is 1. The highest BCUT2D eigenvalue weighted by atomic mass is 19.4. The molecule has 0 fully saturated rings. The fourth-order valence-corrected chi connectivity index (χ4v) is 2.43. The maximum absolute atomic E-state index is 12.7. The Bertz CT molecular complexity index is 1030. The molecule has 3 rings (SSSR count). The van der Waals surface area contributed by atoms with Crippen LogP contribution in [0.5, 0.6) is 5.75 Å². The zero-order chi connectivity index (χ0) is 20.9. The number of nitrogens with one attached hydrogen (secondary N) is 1. The van der Waals surface area contributed by atoms with Crippen LogP contribution >= 0.6 is 0 Å². The van der Waals surface area contributed by atoms with Crippen LogP contribution in [0.15, 0.2) is 64.0 Å². The fraction of sp³-hybridized carbons (Fsp3) is 0.211. The van der Waals surface area contributed by atoms with Gasteiger partial charge in [-0.2, -0.15) is 18.3 Å². The molecule has 1 amide bonds. The van der Waals surface area contributed by atoms with Gasteiger partial charge in [-0.05, 0) is 36.4 Å². The first-order chi connectivity index (χ1) is 13.8. The smallest absolute Gasteiger partial charge is 0.416 e. The number of ether oxygens (including phenoxy) is 1. The Morgan fingerprint density at radius 3 is 2.72 bits per heavy atom. The predicted octanol–water partition coefficient (Wildman–Crippen LogP) is 2.72. The first-order valence-electron chi connectivity index (χ1n) is 8.52. The average Bonchev–Trinajstić information content (AvgIpc) is 3.21. The number of rotatable bonds is 7. The Morgan fingerprint density at radius 2 is 2.00 bits per heavy atom. The number of carbonyl (C=O) groups is 1. The van der Waals surface area contributed by atoms with E-state index in [9.17, 15) is 22.8 Å². The number of hydrogen-bond donors (Lipinski definition) is 1. The maximum Gasteiger partial charge on any atom is 0.416 e. The van der Waals surface area contributed by atoms with Crippen molar-refractivity contribution in [3.05, 3.63) is 70.7 Å². The molecule has 7 nitrogen and oxygen atoms in total. The number of halogens is 3. The van der Waals surface area contributed by atoms with Crippen molar-refractivity contribution in [2.75, 3.05) is 13.2 Å². The standard InChI is InChI=1S/C19H16F3N3O4/c20-19(21,22)13-3-1-4-14(11-13)28-10-8-23-17(26)12-25-18(27)7-6-15(24-25)16-5-2-9-29-16/h1-7,9,11H,8,10,12H2,(H,23,26). The number of aromatic nitrogens is 2. The molecule has 0 radical (unpaired) electrons. The summed E-state index contributed by atoms with van der Waals surface area (Å²) in [6.07, 6.45) is -3.00. The number of furan rings is 1. The van der Waals surface area contributed by atoms with Crippen molar-refractivity contribution in [1.29, 1.82) is 0 Å². The third-order valence-electron chi connectivity index (χ3n) is 3.79. The largest absolute Gasteiger partial charge is 0.492 e. The molecule has 1 N–H and O–H groups in total. The van der Waals surface area contributed by atoms with Crippen LogP contribution in [0.2, 0.25) is 0 Å².